The maximum atomic E-state index is 14.7. The quantitative estimate of drug-likeness (QED) is 0.435. The van der Waals surface area contributed by atoms with E-state index in [4.69, 9.17) is 27.9 Å². The van der Waals surface area contributed by atoms with Crippen LogP contribution in [0.4, 0.5) is 4.39 Å². The van der Waals surface area contributed by atoms with E-state index in [1.54, 1.807) is 18.2 Å². The molecule has 2 aromatic carbocycles. The van der Waals surface area contributed by atoms with E-state index in [1.165, 1.54) is 11.6 Å². The lowest BCUT2D eigenvalue weighted by atomic mass is 9.85. The molecule has 0 heterocycles. The minimum absolute atomic E-state index is 0.201. The summed E-state index contributed by atoms with van der Waals surface area (Å²) in [5.74, 6) is 0.695. The molecule has 2 aromatic rings. The number of allylic oxidation sites excluding steroid dienone is 1. The summed E-state index contributed by atoms with van der Waals surface area (Å²) in [4.78, 5) is 0. The van der Waals surface area contributed by atoms with Crippen LogP contribution in [0.5, 0.6) is 5.75 Å². The Morgan fingerprint density at radius 2 is 1.85 bits per heavy atom. The van der Waals surface area contributed by atoms with Gasteiger partial charge in [0.1, 0.15) is 11.6 Å². The number of hydrogen-bond donors (Lipinski definition) is 0. The van der Waals surface area contributed by atoms with Crippen LogP contribution in [0, 0.1) is 19.3 Å². The Bertz CT molecular complexity index is 797. The van der Waals surface area contributed by atoms with Crippen LogP contribution in [0.15, 0.2) is 42.2 Å². The predicted octanol–water partition coefficient (Wildman–Crippen LogP) is 7.81. The summed E-state index contributed by atoms with van der Waals surface area (Å²) in [6.07, 6.45) is 2.92. The van der Waals surface area contributed by atoms with Crippen LogP contribution >= 0.6 is 23.2 Å². The number of rotatable bonds is 7. The van der Waals surface area contributed by atoms with Crippen LogP contribution in [0.3, 0.4) is 0 Å². The molecule has 140 valence electrons. The lowest BCUT2D eigenvalue weighted by Crippen LogP contribution is -2.14. The van der Waals surface area contributed by atoms with Crippen molar-refractivity contribution < 1.29 is 9.13 Å². The Balaban J connectivity index is 1.94. The zero-order chi connectivity index (χ0) is 19.3. The Morgan fingerprint density at radius 3 is 2.54 bits per heavy atom. The third kappa shape index (κ3) is 5.75. The van der Waals surface area contributed by atoms with Crippen molar-refractivity contribution in [1.29, 1.82) is 0 Å². The number of benzene rings is 2. The molecular formula is C22H25Cl2FO. The Kier molecular flexibility index (Phi) is 7.14. The maximum Gasteiger partial charge on any atom is 0.122 e. The van der Waals surface area contributed by atoms with Gasteiger partial charge in [0, 0.05) is 15.5 Å². The zero-order valence-electron chi connectivity index (χ0n) is 15.7. The zero-order valence-corrected chi connectivity index (χ0v) is 17.2. The van der Waals surface area contributed by atoms with Gasteiger partial charge in [0.25, 0.3) is 0 Å². The van der Waals surface area contributed by atoms with E-state index >= 15 is 0 Å². The lowest BCUT2D eigenvalue weighted by molar-refractivity contribution is 0.258. The summed E-state index contributed by atoms with van der Waals surface area (Å²) in [5.41, 5.74) is 2.32. The second-order valence-corrected chi connectivity index (χ2v) is 8.11. The molecule has 0 amide bonds. The SMILES string of the molecule is Cc1ccc(C)c(OCCCC(C)(C)/C(F)=C/c2ccc(Cl)cc2Cl)c1. The van der Waals surface area contributed by atoms with Crippen LogP contribution in [-0.2, 0) is 0 Å². The van der Waals surface area contributed by atoms with E-state index in [9.17, 15) is 4.39 Å². The van der Waals surface area contributed by atoms with Crippen molar-refractivity contribution in [1.82, 2.24) is 0 Å². The van der Waals surface area contributed by atoms with Gasteiger partial charge in [-0.25, -0.2) is 4.39 Å². The van der Waals surface area contributed by atoms with E-state index in [2.05, 4.69) is 6.07 Å². The van der Waals surface area contributed by atoms with Crippen LogP contribution in [-0.4, -0.2) is 6.61 Å². The summed E-state index contributed by atoms with van der Waals surface area (Å²) in [7, 11) is 0. The number of halogens is 3. The highest BCUT2D eigenvalue weighted by molar-refractivity contribution is 6.35. The van der Waals surface area contributed by atoms with E-state index in [-0.39, 0.29) is 5.83 Å². The van der Waals surface area contributed by atoms with Gasteiger partial charge in [-0.15, -0.1) is 0 Å². The van der Waals surface area contributed by atoms with Crippen LogP contribution in [0.1, 0.15) is 43.4 Å². The summed E-state index contributed by atoms with van der Waals surface area (Å²) in [5, 5.41) is 0.983. The number of aryl methyl sites for hydroxylation is 2. The fourth-order valence-corrected chi connectivity index (χ4v) is 3.09. The molecule has 0 unspecified atom stereocenters. The van der Waals surface area contributed by atoms with Crippen molar-refractivity contribution >= 4 is 29.3 Å². The van der Waals surface area contributed by atoms with Crippen molar-refractivity contribution in [3.8, 4) is 5.75 Å². The van der Waals surface area contributed by atoms with Gasteiger partial charge < -0.3 is 4.74 Å². The molecule has 0 aromatic heterocycles. The molecule has 0 aliphatic heterocycles. The fraction of sp³-hybridized carbons (Fsp3) is 0.364. The molecule has 0 atom stereocenters. The molecule has 26 heavy (non-hydrogen) atoms. The molecule has 0 aliphatic carbocycles. The molecule has 0 spiro atoms. The smallest absolute Gasteiger partial charge is 0.122 e. The fourth-order valence-electron chi connectivity index (χ4n) is 2.63. The first-order valence-electron chi connectivity index (χ1n) is 8.72. The molecule has 0 fully saturated rings. The Morgan fingerprint density at radius 1 is 1.12 bits per heavy atom. The monoisotopic (exact) mass is 394 g/mol. The topological polar surface area (TPSA) is 9.23 Å². The van der Waals surface area contributed by atoms with Crippen molar-refractivity contribution in [2.75, 3.05) is 6.61 Å². The van der Waals surface area contributed by atoms with Crippen molar-refractivity contribution in [2.24, 2.45) is 5.41 Å². The lowest BCUT2D eigenvalue weighted by Gasteiger charge is -2.23. The maximum absolute atomic E-state index is 14.7. The highest BCUT2D eigenvalue weighted by Crippen LogP contribution is 2.35. The minimum Gasteiger partial charge on any atom is -0.493 e. The van der Waals surface area contributed by atoms with Gasteiger partial charge in [-0.2, -0.15) is 0 Å². The second-order valence-electron chi connectivity index (χ2n) is 7.26. The van der Waals surface area contributed by atoms with Crippen LogP contribution in [0.25, 0.3) is 6.08 Å². The van der Waals surface area contributed by atoms with E-state index < -0.39 is 5.41 Å². The highest BCUT2D eigenvalue weighted by atomic mass is 35.5. The van der Waals surface area contributed by atoms with Gasteiger partial charge in [0.2, 0.25) is 0 Å². The molecule has 0 saturated heterocycles. The van der Waals surface area contributed by atoms with Gasteiger partial charge in [-0.1, -0.05) is 55.2 Å². The highest BCUT2D eigenvalue weighted by Gasteiger charge is 2.23. The van der Waals surface area contributed by atoms with Gasteiger partial charge in [-0.3, -0.25) is 0 Å². The first kappa shape index (κ1) is 20.8. The molecule has 1 nitrogen and oxygen atoms in total. The Hall–Kier alpha value is -1.51. The first-order chi connectivity index (χ1) is 12.2. The molecule has 0 radical (unpaired) electrons. The molecule has 2 rings (SSSR count). The van der Waals surface area contributed by atoms with E-state index in [1.807, 2.05) is 39.8 Å². The van der Waals surface area contributed by atoms with Gasteiger partial charge in [0.15, 0.2) is 0 Å². The third-order valence-electron chi connectivity index (χ3n) is 4.44. The van der Waals surface area contributed by atoms with Gasteiger partial charge in [-0.05, 0) is 67.7 Å². The second kappa shape index (κ2) is 8.92. The molecule has 0 N–H and O–H groups in total. The van der Waals surface area contributed by atoms with Crippen molar-refractivity contribution in [2.45, 2.75) is 40.5 Å². The van der Waals surface area contributed by atoms with E-state index in [0.717, 1.165) is 17.7 Å². The van der Waals surface area contributed by atoms with Gasteiger partial charge >= 0.3 is 0 Å². The Labute approximate surface area is 165 Å². The predicted molar refractivity (Wildman–Crippen MR) is 110 cm³/mol. The normalized spacial score (nSPS) is 12.3. The number of ether oxygens (including phenoxy) is 1. The summed E-state index contributed by atoms with van der Waals surface area (Å²) in [6.45, 7) is 8.40. The molecule has 0 bridgehead atoms. The van der Waals surface area contributed by atoms with Crippen LogP contribution < -0.4 is 4.74 Å². The molecule has 0 aliphatic rings. The average Bonchev–Trinajstić information content (AvgIpc) is 2.57. The molecule has 4 heteroatoms. The summed E-state index contributed by atoms with van der Waals surface area (Å²) >= 11 is 12.0. The van der Waals surface area contributed by atoms with Crippen molar-refractivity contribution in [3.63, 3.8) is 0 Å². The number of hydrogen-bond acceptors (Lipinski definition) is 1. The van der Waals surface area contributed by atoms with Crippen molar-refractivity contribution in [3.05, 3.63) is 69.0 Å². The van der Waals surface area contributed by atoms with E-state index in [0.29, 0.717) is 28.6 Å². The van der Waals surface area contributed by atoms with Gasteiger partial charge in [0.05, 0.1) is 6.61 Å². The first-order valence-corrected chi connectivity index (χ1v) is 9.47. The standard InChI is InChI=1S/C22H25Cl2FO/c1-15-6-7-16(2)20(12-15)26-11-5-10-22(3,4)21(25)13-17-8-9-18(23)14-19(17)24/h6-9,12-14H,5,10-11H2,1-4H3/b21-13-. The minimum atomic E-state index is -0.589. The molecule has 0 saturated carbocycles. The largest absolute Gasteiger partial charge is 0.493 e. The summed E-state index contributed by atoms with van der Waals surface area (Å²) < 4.78 is 20.6. The third-order valence-corrected chi connectivity index (χ3v) is 5.00. The average molecular weight is 395 g/mol. The summed E-state index contributed by atoms with van der Waals surface area (Å²) in [6, 6.07) is 11.2. The van der Waals surface area contributed by atoms with Crippen LogP contribution in [0.2, 0.25) is 10.0 Å². The molecular weight excluding hydrogens is 370 g/mol.